The van der Waals surface area contributed by atoms with Crippen molar-refractivity contribution >= 4 is 23.5 Å². The summed E-state index contributed by atoms with van der Waals surface area (Å²) in [5.41, 5.74) is 0.503. The number of rotatable bonds is 5. The fraction of sp³-hybridized carbons (Fsp3) is 0.600. The lowest BCUT2D eigenvalue weighted by Crippen LogP contribution is -2.44. The molecule has 1 unspecified atom stereocenters. The number of methoxy groups -OCH3 is 1. The lowest BCUT2D eigenvalue weighted by atomic mass is 9.94. The lowest BCUT2D eigenvalue weighted by Gasteiger charge is -2.34. The summed E-state index contributed by atoms with van der Waals surface area (Å²) >= 11 is 6.25. The van der Waals surface area contributed by atoms with Crippen LogP contribution in [0.15, 0.2) is 24.3 Å². The molecule has 1 aliphatic rings. The first-order chi connectivity index (χ1) is 12.0. The minimum absolute atomic E-state index is 0.0908. The Bertz CT molecular complexity index is 582. The molecule has 1 aromatic rings. The van der Waals surface area contributed by atoms with Gasteiger partial charge in [0.2, 0.25) is 0 Å². The Morgan fingerprint density at radius 2 is 1.76 bits per heavy atom. The summed E-state index contributed by atoms with van der Waals surface area (Å²) in [6.07, 6.45) is 7.86. The highest BCUT2D eigenvalue weighted by atomic mass is 35.5. The molecule has 1 atom stereocenters. The molecule has 1 amide bonds. The SMILES string of the molecule is COC(=O)C(C)CN(C(=O)c1ccccc1Cl)C1CCCCCCC1. The maximum absolute atomic E-state index is 13.2. The van der Waals surface area contributed by atoms with E-state index in [1.807, 2.05) is 24.0 Å². The van der Waals surface area contributed by atoms with Gasteiger partial charge in [-0.05, 0) is 25.0 Å². The van der Waals surface area contributed by atoms with Gasteiger partial charge in [-0.25, -0.2) is 0 Å². The predicted molar refractivity (Wildman–Crippen MR) is 99.8 cm³/mol. The minimum Gasteiger partial charge on any atom is -0.469 e. The van der Waals surface area contributed by atoms with E-state index < -0.39 is 0 Å². The van der Waals surface area contributed by atoms with Crippen molar-refractivity contribution in [2.24, 2.45) is 5.92 Å². The van der Waals surface area contributed by atoms with Crippen LogP contribution >= 0.6 is 11.6 Å². The fourth-order valence-electron chi connectivity index (χ4n) is 3.50. The second-order valence-electron chi connectivity index (χ2n) is 6.86. The number of nitrogens with zero attached hydrogens (tertiary/aromatic N) is 1. The average molecular weight is 366 g/mol. The molecule has 2 rings (SSSR count). The first kappa shape index (κ1) is 19.8. The van der Waals surface area contributed by atoms with Crippen LogP contribution in [0.2, 0.25) is 5.02 Å². The number of halogens is 1. The summed E-state index contributed by atoms with van der Waals surface area (Å²) in [6, 6.07) is 7.27. The summed E-state index contributed by atoms with van der Waals surface area (Å²) in [5.74, 6) is -0.739. The highest BCUT2D eigenvalue weighted by molar-refractivity contribution is 6.33. The molecule has 1 aliphatic carbocycles. The molecule has 0 aromatic heterocycles. The fourth-order valence-corrected chi connectivity index (χ4v) is 3.72. The molecule has 1 saturated carbocycles. The molecule has 0 spiro atoms. The van der Waals surface area contributed by atoms with Crippen molar-refractivity contribution in [3.8, 4) is 0 Å². The van der Waals surface area contributed by atoms with Crippen LogP contribution in [-0.4, -0.2) is 36.5 Å². The van der Waals surface area contributed by atoms with Gasteiger partial charge in [0.05, 0.1) is 23.6 Å². The third-order valence-electron chi connectivity index (χ3n) is 4.95. The second kappa shape index (κ2) is 9.81. The Labute approximate surface area is 155 Å². The molecule has 1 fully saturated rings. The summed E-state index contributed by atoms with van der Waals surface area (Å²) in [4.78, 5) is 26.9. The molecule has 0 aliphatic heterocycles. The molecule has 25 heavy (non-hydrogen) atoms. The van der Waals surface area contributed by atoms with Gasteiger partial charge < -0.3 is 9.64 Å². The van der Waals surface area contributed by atoms with Crippen LogP contribution < -0.4 is 0 Å². The zero-order valence-corrected chi connectivity index (χ0v) is 15.9. The molecule has 0 bridgehead atoms. The summed E-state index contributed by atoms with van der Waals surface area (Å²) in [7, 11) is 1.38. The highest BCUT2D eigenvalue weighted by Crippen LogP contribution is 2.26. The van der Waals surface area contributed by atoms with Crippen molar-refractivity contribution in [1.29, 1.82) is 0 Å². The topological polar surface area (TPSA) is 46.6 Å². The predicted octanol–water partition coefficient (Wildman–Crippen LogP) is 4.70. The van der Waals surface area contributed by atoms with E-state index in [9.17, 15) is 9.59 Å². The van der Waals surface area contributed by atoms with Gasteiger partial charge in [0, 0.05) is 12.6 Å². The number of ether oxygens (including phenoxy) is 1. The summed E-state index contributed by atoms with van der Waals surface area (Å²) in [5, 5.41) is 0.453. The Hall–Kier alpha value is -1.55. The molecular weight excluding hydrogens is 338 g/mol. The van der Waals surface area contributed by atoms with Gasteiger partial charge in [0.25, 0.3) is 5.91 Å². The van der Waals surface area contributed by atoms with Crippen molar-refractivity contribution < 1.29 is 14.3 Å². The van der Waals surface area contributed by atoms with Crippen molar-refractivity contribution in [3.05, 3.63) is 34.9 Å². The number of carbonyl (C=O) groups is 2. The molecule has 4 nitrogen and oxygen atoms in total. The molecule has 138 valence electrons. The van der Waals surface area contributed by atoms with Gasteiger partial charge in [-0.1, -0.05) is 62.8 Å². The van der Waals surface area contributed by atoms with Crippen molar-refractivity contribution in [3.63, 3.8) is 0 Å². The van der Waals surface area contributed by atoms with Crippen molar-refractivity contribution in [2.75, 3.05) is 13.7 Å². The number of hydrogen-bond donors (Lipinski definition) is 0. The van der Waals surface area contributed by atoms with Crippen LogP contribution in [0.4, 0.5) is 0 Å². The van der Waals surface area contributed by atoms with Gasteiger partial charge in [-0.2, -0.15) is 0 Å². The van der Waals surface area contributed by atoms with Crippen LogP contribution in [0.5, 0.6) is 0 Å². The van der Waals surface area contributed by atoms with Gasteiger partial charge in [-0.3, -0.25) is 9.59 Å². The number of benzene rings is 1. The van der Waals surface area contributed by atoms with Crippen LogP contribution in [0.25, 0.3) is 0 Å². The van der Waals surface area contributed by atoms with E-state index in [2.05, 4.69) is 0 Å². The summed E-state index contributed by atoms with van der Waals surface area (Å²) in [6.45, 7) is 2.17. The monoisotopic (exact) mass is 365 g/mol. The molecule has 0 heterocycles. The van der Waals surface area contributed by atoms with Crippen molar-refractivity contribution in [2.45, 2.75) is 57.9 Å². The first-order valence-electron chi connectivity index (χ1n) is 9.18. The number of carbonyl (C=O) groups excluding carboxylic acids is 2. The number of esters is 1. The average Bonchev–Trinajstić information content (AvgIpc) is 2.59. The molecular formula is C20H28ClNO3. The third-order valence-corrected chi connectivity index (χ3v) is 5.28. The maximum atomic E-state index is 13.2. The highest BCUT2D eigenvalue weighted by Gasteiger charge is 2.29. The van der Waals surface area contributed by atoms with E-state index in [0.717, 1.165) is 25.7 Å². The van der Waals surface area contributed by atoms with E-state index in [1.54, 1.807) is 12.1 Å². The zero-order valence-electron chi connectivity index (χ0n) is 15.2. The molecule has 0 radical (unpaired) electrons. The van der Waals surface area contributed by atoms with Crippen LogP contribution in [0.3, 0.4) is 0 Å². The van der Waals surface area contributed by atoms with Gasteiger partial charge in [-0.15, -0.1) is 0 Å². The first-order valence-corrected chi connectivity index (χ1v) is 9.55. The minimum atomic E-state index is -0.359. The maximum Gasteiger partial charge on any atom is 0.310 e. The van der Waals surface area contributed by atoms with Crippen LogP contribution in [-0.2, 0) is 9.53 Å². The van der Waals surface area contributed by atoms with Gasteiger partial charge in [0.1, 0.15) is 0 Å². The number of hydrogen-bond acceptors (Lipinski definition) is 3. The Kier molecular flexibility index (Phi) is 7.76. The molecule has 5 heteroatoms. The Morgan fingerprint density at radius 1 is 1.16 bits per heavy atom. The second-order valence-corrected chi connectivity index (χ2v) is 7.27. The third kappa shape index (κ3) is 5.46. The normalized spacial score (nSPS) is 17.2. The Balaban J connectivity index is 2.25. The number of amides is 1. The van der Waals surface area contributed by atoms with Gasteiger partial charge >= 0.3 is 5.97 Å². The Morgan fingerprint density at radius 3 is 2.36 bits per heavy atom. The van der Waals surface area contributed by atoms with Crippen LogP contribution in [0, 0.1) is 5.92 Å². The lowest BCUT2D eigenvalue weighted by molar-refractivity contribution is -0.145. The van der Waals surface area contributed by atoms with Crippen LogP contribution in [0.1, 0.15) is 62.2 Å². The largest absolute Gasteiger partial charge is 0.469 e. The van der Waals surface area contributed by atoms with Gasteiger partial charge in [0.15, 0.2) is 0 Å². The van der Waals surface area contributed by atoms with Crippen molar-refractivity contribution in [1.82, 2.24) is 4.90 Å². The molecule has 0 saturated heterocycles. The van der Waals surface area contributed by atoms with E-state index in [1.165, 1.54) is 26.4 Å². The smallest absolute Gasteiger partial charge is 0.310 e. The molecule has 1 aromatic carbocycles. The quantitative estimate of drug-likeness (QED) is 0.710. The standard InChI is InChI=1S/C20H28ClNO3/c1-15(20(24)25-2)14-22(16-10-6-4-3-5-7-11-16)19(23)17-12-8-9-13-18(17)21/h8-9,12-13,15-16H,3-7,10-11,14H2,1-2H3. The zero-order chi connectivity index (χ0) is 18.2. The van der Waals surface area contributed by atoms with E-state index in [-0.39, 0.29) is 23.8 Å². The van der Waals surface area contributed by atoms with E-state index in [4.69, 9.17) is 16.3 Å². The molecule has 0 N–H and O–H groups in total. The van der Waals surface area contributed by atoms with E-state index in [0.29, 0.717) is 17.1 Å². The van der Waals surface area contributed by atoms with E-state index >= 15 is 0 Å². The summed E-state index contributed by atoms with van der Waals surface area (Å²) < 4.78 is 4.85.